The Kier molecular flexibility index (Phi) is 2.70. The Morgan fingerprint density at radius 1 is 1.29 bits per heavy atom. The van der Waals surface area contributed by atoms with Gasteiger partial charge in [0.25, 0.3) is 0 Å². The molecule has 1 aromatic carbocycles. The quantitative estimate of drug-likeness (QED) is 0.724. The summed E-state index contributed by atoms with van der Waals surface area (Å²) in [5.74, 6) is 2.29. The third-order valence-corrected chi connectivity index (χ3v) is 6.37. The van der Waals surface area contributed by atoms with Gasteiger partial charge in [-0.2, -0.15) is 5.26 Å². The smallest absolute Gasteiger partial charge is 0.115 e. The van der Waals surface area contributed by atoms with Gasteiger partial charge in [-0.15, -0.1) is 0 Å². The summed E-state index contributed by atoms with van der Waals surface area (Å²) in [7, 11) is 0. The summed E-state index contributed by atoms with van der Waals surface area (Å²) in [6, 6.07) is 8.41. The maximum Gasteiger partial charge on any atom is 0.115 e. The highest BCUT2D eigenvalue weighted by molar-refractivity contribution is 5.41. The monoisotopic (exact) mass is 279 g/mol. The molecule has 21 heavy (non-hydrogen) atoms. The van der Waals surface area contributed by atoms with E-state index in [2.05, 4.69) is 31.2 Å². The van der Waals surface area contributed by atoms with Gasteiger partial charge < -0.3 is 5.11 Å². The lowest BCUT2D eigenvalue weighted by molar-refractivity contribution is 0.0589. The molecule has 1 aromatic rings. The maximum absolute atomic E-state index is 9.69. The van der Waals surface area contributed by atoms with Crippen molar-refractivity contribution in [2.45, 2.75) is 38.5 Å². The van der Waals surface area contributed by atoms with E-state index < -0.39 is 0 Å². The number of nitriles is 1. The largest absolute Gasteiger partial charge is 0.508 e. The summed E-state index contributed by atoms with van der Waals surface area (Å²) in [6.45, 7) is 2.31. The first-order valence-corrected chi connectivity index (χ1v) is 8.03. The number of fused-ring (bicyclic) bond motifs is 5. The van der Waals surface area contributed by atoms with Gasteiger partial charge in [-0.05, 0) is 72.1 Å². The van der Waals surface area contributed by atoms with Crippen LogP contribution in [0.3, 0.4) is 0 Å². The van der Waals surface area contributed by atoms with Gasteiger partial charge in [0.15, 0.2) is 0 Å². The molecular formula is C19H21NO. The van der Waals surface area contributed by atoms with E-state index in [1.807, 2.05) is 12.1 Å². The fraction of sp³-hybridized carbons (Fsp3) is 0.526. The molecule has 0 saturated heterocycles. The van der Waals surface area contributed by atoms with Gasteiger partial charge in [0.05, 0.1) is 12.0 Å². The number of benzene rings is 1. The van der Waals surface area contributed by atoms with Crippen LogP contribution in [0.2, 0.25) is 0 Å². The average molecular weight is 279 g/mol. The average Bonchev–Trinajstić information content (AvgIpc) is 2.83. The van der Waals surface area contributed by atoms with Crippen molar-refractivity contribution in [3.63, 3.8) is 0 Å². The van der Waals surface area contributed by atoms with Crippen molar-refractivity contribution < 1.29 is 5.11 Å². The number of allylic oxidation sites excluding steroid dienone is 2. The summed E-state index contributed by atoms with van der Waals surface area (Å²) in [4.78, 5) is 0. The van der Waals surface area contributed by atoms with Crippen LogP contribution in [0.1, 0.15) is 43.2 Å². The number of phenolic OH excluding ortho intramolecular Hbond substituents is 1. The van der Waals surface area contributed by atoms with Gasteiger partial charge in [0, 0.05) is 0 Å². The van der Waals surface area contributed by atoms with Gasteiger partial charge in [0.1, 0.15) is 5.75 Å². The summed E-state index contributed by atoms with van der Waals surface area (Å²) < 4.78 is 0. The van der Waals surface area contributed by atoms with Crippen molar-refractivity contribution in [1.29, 1.82) is 5.26 Å². The number of hydrogen-bond donors (Lipinski definition) is 1. The number of hydrogen-bond acceptors (Lipinski definition) is 2. The Bertz CT molecular complexity index is 656. The Hall–Kier alpha value is -1.75. The molecule has 3 aliphatic rings. The first-order chi connectivity index (χ1) is 10.1. The minimum absolute atomic E-state index is 0.0877. The molecule has 3 aliphatic carbocycles. The molecule has 2 nitrogen and oxygen atoms in total. The van der Waals surface area contributed by atoms with E-state index in [1.165, 1.54) is 24.0 Å². The summed E-state index contributed by atoms with van der Waals surface area (Å²) >= 11 is 0. The second kappa shape index (κ2) is 4.37. The fourth-order valence-electron chi connectivity index (χ4n) is 5.21. The molecule has 4 rings (SSSR count). The van der Waals surface area contributed by atoms with E-state index in [0.29, 0.717) is 23.5 Å². The molecule has 1 saturated carbocycles. The van der Waals surface area contributed by atoms with Gasteiger partial charge in [-0.3, -0.25) is 0 Å². The summed E-state index contributed by atoms with van der Waals surface area (Å²) in [6.07, 6.45) is 9.03. The molecule has 108 valence electrons. The highest BCUT2D eigenvalue weighted by atomic mass is 16.3. The maximum atomic E-state index is 9.69. The van der Waals surface area contributed by atoms with Crippen LogP contribution in [-0.2, 0) is 6.42 Å². The second-order valence-electron chi connectivity index (χ2n) is 7.25. The lowest BCUT2D eigenvalue weighted by Gasteiger charge is -2.49. The van der Waals surface area contributed by atoms with E-state index >= 15 is 0 Å². The lowest BCUT2D eigenvalue weighted by Crippen LogP contribution is -2.42. The number of rotatable bonds is 0. The van der Waals surface area contributed by atoms with Crippen molar-refractivity contribution in [2.75, 3.05) is 0 Å². The molecule has 0 spiro atoms. The van der Waals surface area contributed by atoms with Crippen LogP contribution in [0, 0.1) is 34.5 Å². The molecular weight excluding hydrogens is 258 g/mol. The van der Waals surface area contributed by atoms with Crippen molar-refractivity contribution in [1.82, 2.24) is 0 Å². The standard InChI is InChI=1S/C19H21NO/c1-19-9-8-16-15-6-4-14(21)10-12(15)2-5-17(16)18(19)7-3-13(19)11-20/h3-4,6-7,10,13,16-18,21H,2,5,8-9H2,1H3. The SMILES string of the molecule is CC12CCC3c4ccc(O)cc4CCC3C1C=CC2C#N. The van der Waals surface area contributed by atoms with E-state index in [-0.39, 0.29) is 11.3 Å². The topological polar surface area (TPSA) is 44.0 Å². The lowest BCUT2D eigenvalue weighted by atomic mass is 9.54. The summed E-state index contributed by atoms with van der Waals surface area (Å²) in [5, 5.41) is 19.1. The number of aryl methyl sites for hydroxylation is 1. The molecule has 0 aromatic heterocycles. The fourth-order valence-corrected chi connectivity index (χ4v) is 5.21. The van der Waals surface area contributed by atoms with Crippen molar-refractivity contribution in [3.8, 4) is 11.8 Å². The van der Waals surface area contributed by atoms with Crippen molar-refractivity contribution >= 4 is 0 Å². The minimum atomic E-state index is 0.0877. The number of phenols is 1. The Morgan fingerprint density at radius 2 is 2.14 bits per heavy atom. The van der Waals surface area contributed by atoms with Crippen LogP contribution in [0.15, 0.2) is 30.4 Å². The molecule has 1 N–H and O–H groups in total. The van der Waals surface area contributed by atoms with Gasteiger partial charge in [0.2, 0.25) is 0 Å². The van der Waals surface area contributed by atoms with Gasteiger partial charge in [-0.1, -0.05) is 25.1 Å². The molecule has 0 bridgehead atoms. The van der Waals surface area contributed by atoms with Crippen LogP contribution in [0.25, 0.3) is 0 Å². The van der Waals surface area contributed by atoms with E-state index in [1.54, 1.807) is 0 Å². The molecule has 1 fully saturated rings. The predicted molar refractivity (Wildman–Crippen MR) is 81.7 cm³/mol. The third kappa shape index (κ3) is 1.70. The zero-order chi connectivity index (χ0) is 14.6. The normalized spacial score (nSPS) is 40.0. The van der Waals surface area contributed by atoms with Crippen LogP contribution in [0.5, 0.6) is 5.75 Å². The number of aromatic hydroxyl groups is 1. The molecule has 0 aliphatic heterocycles. The first-order valence-electron chi connectivity index (χ1n) is 8.03. The minimum Gasteiger partial charge on any atom is -0.508 e. The molecule has 2 heteroatoms. The Balaban J connectivity index is 1.72. The zero-order valence-electron chi connectivity index (χ0n) is 12.4. The second-order valence-corrected chi connectivity index (χ2v) is 7.25. The number of nitrogens with zero attached hydrogens (tertiary/aromatic N) is 1. The predicted octanol–water partition coefficient (Wildman–Crippen LogP) is 4.16. The molecule has 0 heterocycles. The third-order valence-electron chi connectivity index (χ3n) is 6.37. The molecule has 0 amide bonds. The Morgan fingerprint density at radius 3 is 2.95 bits per heavy atom. The van der Waals surface area contributed by atoms with Crippen molar-refractivity contribution in [3.05, 3.63) is 41.5 Å². The van der Waals surface area contributed by atoms with Crippen LogP contribution >= 0.6 is 0 Å². The highest BCUT2D eigenvalue weighted by Crippen LogP contribution is 2.60. The molecule has 0 radical (unpaired) electrons. The van der Waals surface area contributed by atoms with Crippen LogP contribution in [0.4, 0.5) is 0 Å². The highest BCUT2D eigenvalue weighted by Gasteiger charge is 2.52. The van der Waals surface area contributed by atoms with E-state index in [4.69, 9.17) is 0 Å². The molecule has 5 unspecified atom stereocenters. The van der Waals surface area contributed by atoms with E-state index in [9.17, 15) is 10.4 Å². The Labute approximate surface area is 126 Å². The van der Waals surface area contributed by atoms with E-state index in [0.717, 1.165) is 12.8 Å². The van der Waals surface area contributed by atoms with Gasteiger partial charge >= 0.3 is 0 Å². The zero-order valence-corrected chi connectivity index (χ0v) is 12.4. The first kappa shape index (κ1) is 13.0. The summed E-state index contributed by atoms with van der Waals surface area (Å²) in [5.41, 5.74) is 2.92. The van der Waals surface area contributed by atoms with Crippen molar-refractivity contribution in [2.24, 2.45) is 23.2 Å². The van der Waals surface area contributed by atoms with Crippen LogP contribution in [-0.4, -0.2) is 5.11 Å². The molecule has 5 atom stereocenters. The van der Waals surface area contributed by atoms with Crippen LogP contribution < -0.4 is 0 Å². The van der Waals surface area contributed by atoms with Gasteiger partial charge in [-0.25, -0.2) is 0 Å².